The number of nitrogens with zero attached hydrogens (tertiary/aromatic N) is 1. The van der Waals surface area contributed by atoms with Crippen LogP contribution in [0.25, 0.3) is 0 Å². The number of hydrogen-bond donors (Lipinski definition) is 1. The van der Waals surface area contributed by atoms with Crippen molar-refractivity contribution >= 4 is 5.91 Å². The molecule has 1 aliphatic heterocycles. The highest BCUT2D eigenvalue weighted by Gasteiger charge is 2.36. The van der Waals surface area contributed by atoms with Gasteiger partial charge in [0.2, 0.25) is 5.91 Å². The SMILES string of the molecule is Cc1ccc(CCN(CC(F)(F)F)C(=O)[C@H]2CCN[C@@H](C)C2)cc1. The number of carbonyl (C=O) groups is 1. The van der Waals surface area contributed by atoms with Gasteiger partial charge in [0.25, 0.3) is 0 Å². The molecular formula is C18H25F3N2O. The Labute approximate surface area is 141 Å². The molecule has 0 spiro atoms. The first-order chi connectivity index (χ1) is 11.2. The lowest BCUT2D eigenvalue weighted by Crippen LogP contribution is -2.47. The van der Waals surface area contributed by atoms with Gasteiger partial charge in [0.15, 0.2) is 0 Å². The van der Waals surface area contributed by atoms with Crippen molar-refractivity contribution in [2.75, 3.05) is 19.6 Å². The molecule has 0 aliphatic carbocycles. The van der Waals surface area contributed by atoms with E-state index in [0.717, 1.165) is 16.0 Å². The topological polar surface area (TPSA) is 32.3 Å². The minimum atomic E-state index is -4.37. The summed E-state index contributed by atoms with van der Waals surface area (Å²) in [5, 5.41) is 3.22. The standard InChI is InChI=1S/C18H25F3N2O/c1-13-3-5-15(6-4-13)8-10-23(12-18(19,20)21)17(24)16-7-9-22-14(2)11-16/h3-6,14,16,22H,7-12H2,1-2H3/t14-,16-/m0/s1. The molecule has 1 aromatic carbocycles. The molecule has 6 heteroatoms. The highest BCUT2D eigenvalue weighted by Crippen LogP contribution is 2.23. The maximum absolute atomic E-state index is 12.9. The summed E-state index contributed by atoms with van der Waals surface area (Å²) < 4.78 is 38.6. The number of rotatable bonds is 5. The van der Waals surface area contributed by atoms with Crippen molar-refractivity contribution < 1.29 is 18.0 Å². The van der Waals surface area contributed by atoms with Crippen LogP contribution < -0.4 is 5.32 Å². The van der Waals surface area contributed by atoms with Crippen molar-refractivity contribution in [3.8, 4) is 0 Å². The molecule has 0 aromatic heterocycles. The minimum absolute atomic E-state index is 0.0969. The monoisotopic (exact) mass is 342 g/mol. The first-order valence-corrected chi connectivity index (χ1v) is 8.39. The number of halogens is 3. The van der Waals surface area contributed by atoms with Crippen LogP contribution in [0.2, 0.25) is 0 Å². The smallest absolute Gasteiger partial charge is 0.333 e. The van der Waals surface area contributed by atoms with Crippen molar-refractivity contribution in [1.82, 2.24) is 10.2 Å². The highest BCUT2D eigenvalue weighted by atomic mass is 19.4. The molecule has 134 valence electrons. The molecular weight excluding hydrogens is 317 g/mol. The minimum Gasteiger partial charge on any atom is -0.333 e. The molecule has 0 bridgehead atoms. The first kappa shape index (κ1) is 18.8. The van der Waals surface area contributed by atoms with Crippen molar-refractivity contribution in [2.45, 2.75) is 45.3 Å². The predicted octanol–water partition coefficient (Wildman–Crippen LogP) is 3.32. The van der Waals surface area contributed by atoms with Gasteiger partial charge < -0.3 is 10.2 Å². The molecule has 1 aliphatic rings. The fraction of sp³-hybridized carbons (Fsp3) is 0.611. The third-order valence-electron chi connectivity index (χ3n) is 4.45. The molecule has 0 radical (unpaired) electrons. The summed E-state index contributed by atoms with van der Waals surface area (Å²) >= 11 is 0. The summed E-state index contributed by atoms with van der Waals surface area (Å²) in [6.45, 7) is 3.52. The van der Waals surface area contributed by atoms with Gasteiger partial charge in [-0.15, -0.1) is 0 Å². The van der Waals surface area contributed by atoms with Crippen LogP contribution in [-0.4, -0.2) is 42.7 Å². The quantitative estimate of drug-likeness (QED) is 0.890. The van der Waals surface area contributed by atoms with Crippen LogP contribution in [0.4, 0.5) is 13.2 Å². The summed E-state index contributed by atoms with van der Waals surface area (Å²) in [6.07, 6.45) is -2.75. The van der Waals surface area contributed by atoms with E-state index in [0.29, 0.717) is 25.8 Å². The molecule has 3 nitrogen and oxygen atoms in total. The van der Waals surface area contributed by atoms with Crippen LogP contribution in [0.15, 0.2) is 24.3 Å². The van der Waals surface area contributed by atoms with E-state index < -0.39 is 12.7 Å². The van der Waals surface area contributed by atoms with Gasteiger partial charge in [-0.25, -0.2) is 0 Å². The van der Waals surface area contributed by atoms with E-state index in [1.165, 1.54) is 0 Å². The Balaban J connectivity index is 2.03. The van der Waals surface area contributed by atoms with Crippen LogP contribution >= 0.6 is 0 Å². The van der Waals surface area contributed by atoms with Gasteiger partial charge in [-0.2, -0.15) is 13.2 Å². The molecule has 1 fully saturated rings. The summed E-state index contributed by atoms with van der Waals surface area (Å²) in [6, 6.07) is 7.83. The zero-order valence-corrected chi connectivity index (χ0v) is 14.2. The normalized spacial score (nSPS) is 21.5. The van der Waals surface area contributed by atoms with Gasteiger partial charge in [0.05, 0.1) is 0 Å². The molecule has 1 aromatic rings. The van der Waals surface area contributed by atoms with Gasteiger partial charge >= 0.3 is 6.18 Å². The lowest BCUT2D eigenvalue weighted by molar-refractivity contribution is -0.164. The van der Waals surface area contributed by atoms with Crippen LogP contribution in [0.3, 0.4) is 0 Å². The molecule has 2 rings (SSSR count). The van der Waals surface area contributed by atoms with Gasteiger partial charge in [-0.3, -0.25) is 4.79 Å². The largest absolute Gasteiger partial charge is 0.406 e. The average Bonchev–Trinajstić information content (AvgIpc) is 2.51. The summed E-state index contributed by atoms with van der Waals surface area (Å²) in [5.74, 6) is -0.686. The van der Waals surface area contributed by atoms with E-state index in [4.69, 9.17) is 0 Å². The lowest BCUT2D eigenvalue weighted by Gasteiger charge is -2.32. The number of amides is 1. The second kappa shape index (κ2) is 8.01. The Morgan fingerprint density at radius 3 is 2.54 bits per heavy atom. The first-order valence-electron chi connectivity index (χ1n) is 8.39. The fourth-order valence-corrected chi connectivity index (χ4v) is 3.12. The molecule has 1 heterocycles. The Kier molecular flexibility index (Phi) is 6.27. The van der Waals surface area contributed by atoms with Gasteiger partial charge in [0.1, 0.15) is 6.54 Å². The lowest BCUT2D eigenvalue weighted by atomic mass is 9.92. The van der Waals surface area contributed by atoms with Crippen molar-refractivity contribution in [3.05, 3.63) is 35.4 Å². The number of hydrogen-bond acceptors (Lipinski definition) is 2. The van der Waals surface area contributed by atoms with Crippen LogP contribution in [0.5, 0.6) is 0 Å². The van der Waals surface area contributed by atoms with Crippen molar-refractivity contribution in [1.29, 1.82) is 0 Å². The van der Waals surface area contributed by atoms with E-state index >= 15 is 0 Å². The second-order valence-corrected chi connectivity index (χ2v) is 6.69. The fourth-order valence-electron chi connectivity index (χ4n) is 3.12. The van der Waals surface area contributed by atoms with Gasteiger partial charge in [-0.1, -0.05) is 29.8 Å². The number of aryl methyl sites for hydroxylation is 1. The summed E-state index contributed by atoms with van der Waals surface area (Å²) in [7, 11) is 0. The van der Waals surface area contributed by atoms with E-state index in [1.54, 1.807) is 0 Å². The summed E-state index contributed by atoms with van der Waals surface area (Å²) in [4.78, 5) is 13.6. The maximum atomic E-state index is 12.9. The molecule has 0 unspecified atom stereocenters. The number of benzene rings is 1. The average molecular weight is 342 g/mol. The van der Waals surface area contributed by atoms with Crippen molar-refractivity contribution in [3.63, 3.8) is 0 Å². The predicted molar refractivity (Wildman–Crippen MR) is 87.7 cm³/mol. The maximum Gasteiger partial charge on any atom is 0.406 e. The summed E-state index contributed by atoms with van der Waals surface area (Å²) in [5.41, 5.74) is 2.05. The molecule has 1 N–H and O–H groups in total. The molecule has 24 heavy (non-hydrogen) atoms. The van der Waals surface area contributed by atoms with Gasteiger partial charge in [-0.05, 0) is 45.2 Å². The van der Waals surface area contributed by atoms with Gasteiger partial charge in [0, 0.05) is 18.5 Å². The van der Waals surface area contributed by atoms with E-state index in [1.807, 2.05) is 38.1 Å². The third-order valence-corrected chi connectivity index (χ3v) is 4.45. The van der Waals surface area contributed by atoms with Crippen LogP contribution in [0.1, 0.15) is 30.9 Å². The third kappa shape index (κ3) is 5.82. The van der Waals surface area contributed by atoms with Crippen LogP contribution in [-0.2, 0) is 11.2 Å². The molecule has 1 amide bonds. The number of piperidine rings is 1. The Morgan fingerprint density at radius 1 is 1.29 bits per heavy atom. The highest BCUT2D eigenvalue weighted by molar-refractivity contribution is 5.79. The Hall–Kier alpha value is -1.56. The molecule has 1 saturated heterocycles. The second-order valence-electron chi connectivity index (χ2n) is 6.69. The number of nitrogens with one attached hydrogen (secondary N) is 1. The zero-order chi connectivity index (χ0) is 17.7. The number of carbonyl (C=O) groups excluding carboxylic acids is 1. The van der Waals surface area contributed by atoms with Crippen molar-refractivity contribution in [2.24, 2.45) is 5.92 Å². The van der Waals surface area contributed by atoms with E-state index in [2.05, 4.69) is 5.32 Å². The van der Waals surface area contributed by atoms with E-state index in [9.17, 15) is 18.0 Å². The van der Waals surface area contributed by atoms with Crippen LogP contribution in [0, 0.1) is 12.8 Å². The molecule has 2 atom stereocenters. The Morgan fingerprint density at radius 2 is 1.96 bits per heavy atom. The Bertz CT molecular complexity index is 542. The molecule has 0 saturated carbocycles. The number of alkyl halides is 3. The zero-order valence-electron chi connectivity index (χ0n) is 14.2. The van der Waals surface area contributed by atoms with E-state index in [-0.39, 0.29) is 24.4 Å².